The molecule has 0 radical (unpaired) electrons. The Kier molecular flexibility index (Phi) is 12.3. The van der Waals surface area contributed by atoms with Gasteiger partial charge in [0, 0.05) is 38.9 Å². The van der Waals surface area contributed by atoms with Gasteiger partial charge in [-0.25, -0.2) is 13.4 Å². The Morgan fingerprint density at radius 2 is 1.79 bits per heavy atom. The van der Waals surface area contributed by atoms with Gasteiger partial charge in [-0.3, -0.25) is 4.79 Å². The fourth-order valence-corrected chi connectivity index (χ4v) is 3.72. The van der Waals surface area contributed by atoms with Gasteiger partial charge in [0.15, 0.2) is 15.8 Å². The number of halogens is 1. The zero-order valence-corrected chi connectivity index (χ0v) is 20.6. The Hall–Kier alpha value is -1.36. The zero-order valence-electron chi connectivity index (χ0n) is 17.4. The number of amides is 1. The summed E-state index contributed by atoms with van der Waals surface area (Å²) >= 11 is 0. The molecule has 1 aromatic rings. The third-order valence-electron chi connectivity index (χ3n) is 4.15. The minimum absolute atomic E-state index is 0. The van der Waals surface area contributed by atoms with E-state index in [0.717, 1.165) is 5.56 Å². The lowest BCUT2D eigenvalue weighted by atomic mass is 10.1. The topological polar surface area (TPSA) is 90.9 Å². The number of benzene rings is 1. The Bertz CT molecular complexity index is 762. The molecule has 0 saturated heterocycles. The number of aliphatic imine (C=N–C) groups is 1. The maximum absolute atomic E-state index is 12.1. The first-order valence-corrected chi connectivity index (χ1v) is 11.2. The molecule has 0 bridgehead atoms. The van der Waals surface area contributed by atoms with Crippen molar-refractivity contribution >= 4 is 45.7 Å². The SMILES string of the molecule is CCNC(=NCc1ccc(S(C)(=O)=O)c(C)c1)NCCC(=O)N(CC)CC.I. The average molecular weight is 524 g/mol. The Morgan fingerprint density at radius 1 is 1.14 bits per heavy atom. The van der Waals surface area contributed by atoms with Gasteiger partial charge in [0.05, 0.1) is 11.4 Å². The number of hydrogen-bond acceptors (Lipinski definition) is 4. The molecule has 28 heavy (non-hydrogen) atoms. The first kappa shape index (κ1) is 26.6. The maximum atomic E-state index is 12.1. The Balaban J connectivity index is 0.00000729. The average Bonchev–Trinajstić information content (AvgIpc) is 2.59. The predicted molar refractivity (Wildman–Crippen MR) is 125 cm³/mol. The van der Waals surface area contributed by atoms with Crippen molar-refractivity contribution in [3.8, 4) is 0 Å². The molecule has 1 rings (SSSR count). The lowest BCUT2D eigenvalue weighted by molar-refractivity contribution is -0.130. The van der Waals surface area contributed by atoms with Gasteiger partial charge in [0.1, 0.15) is 0 Å². The minimum Gasteiger partial charge on any atom is -0.357 e. The van der Waals surface area contributed by atoms with E-state index in [1.807, 2.05) is 26.8 Å². The van der Waals surface area contributed by atoms with Crippen molar-refractivity contribution in [3.63, 3.8) is 0 Å². The van der Waals surface area contributed by atoms with Crippen LogP contribution in [0.3, 0.4) is 0 Å². The van der Waals surface area contributed by atoms with Crippen LogP contribution in [0.2, 0.25) is 0 Å². The van der Waals surface area contributed by atoms with E-state index in [1.54, 1.807) is 24.0 Å². The van der Waals surface area contributed by atoms with Crippen molar-refractivity contribution in [2.75, 3.05) is 32.4 Å². The molecule has 0 spiro atoms. The van der Waals surface area contributed by atoms with Crippen LogP contribution in [0.25, 0.3) is 0 Å². The number of nitrogens with zero attached hydrogens (tertiary/aromatic N) is 2. The molecule has 9 heteroatoms. The molecule has 0 atom stereocenters. The highest BCUT2D eigenvalue weighted by molar-refractivity contribution is 14.0. The molecule has 0 aliphatic heterocycles. The highest BCUT2D eigenvalue weighted by atomic mass is 127. The number of carbonyl (C=O) groups is 1. The largest absolute Gasteiger partial charge is 0.357 e. The van der Waals surface area contributed by atoms with Crippen LogP contribution in [0, 0.1) is 6.92 Å². The van der Waals surface area contributed by atoms with Gasteiger partial charge < -0.3 is 15.5 Å². The van der Waals surface area contributed by atoms with Crippen molar-refractivity contribution in [1.82, 2.24) is 15.5 Å². The summed E-state index contributed by atoms with van der Waals surface area (Å²) in [5.74, 6) is 0.755. The van der Waals surface area contributed by atoms with E-state index in [0.29, 0.717) is 55.6 Å². The zero-order chi connectivity index (χ0) is 20.4. The van der Waals surface area contributed by atoms with Crippen LogP contribution in [0.1, 0.15) is 38.3 Å². The lowest BCUT2D eigenvalue weighted by Crippen LogP contribution is -2.40. The van der Waals surface area contributed by atoms with Crippen LogP contribution >= 0.6 is 24.0 Å². The standard InChI is InChI=1S/C19H32N4O3S.HI/c1-6-20-19(21-12-11-18(24)23(7-2)8-3)22-14-16-9-10-17(15(4)13-16)27(5,25)26;/h9-10,13H,6-8,11-12,14H2,1-5H3,(H2,20,21,22);1H. The summed E-state index contributed by atoms with van der Waals surface area (Å²) in [6, 6.07) is 5.24. The van der Waals surface area contributed by atoms with E-state index >= 15 is 0 Å². The molecule has 1 amide bonds. The Labute approximate surface area is 186 Å². The fraction of sp³-hybridized carbons (Fsp3) is 0.579. The molecule has 0 fully saturated rings. The van der Waals surface area contributed by atoms with Crippen molar-refractivity contribution in [2.45, 2.75) is 45.6 Å². The lowest BCUT2D eigenvalue weighted by Gasteiger charge is -2.19. The van der Waals surface area contributed by atoms with E-state index in [9.17, 15) is 13.2 Å². The van der Waals surface area contributed by atoms with Crippen molar-refractivity contribution < 1.29 is 13.2 Å². The number of nitrogens with one attached hydrogen (secondary N) is 2. The molecule has 2 N–H and O–H groups in total. The molecule has 0 aliphatic rings. The number of sulfone groups is 1. The van der Waals surface area contributed by atoms with Crippen LogP contribution in [0.15, 0.2) is 28.1 Å². The normalized spacial score (nSPS) is 11.5. The smallest absolute Gasteiger partial charge is 0.224 e. The van der Waals surface area contributed by atoms with Gasteiger partial charge in [-0.2, -0.15) is 0 Å². The summed E-state index contributed by atoms with van der Waals surface area (Å²) in [6.07, 6.45) is 1.62. The van der Waals surface area contributed by atoms with Crippen molar-refractivity contribution in [2.24, 2.45) is 4.99 Å². The van der Waals surface area contributed by atoms with Crippen LogP contribution in [-0.4, -0.2) is 57.6 Å². The number of rotatable bonds is 9. The van der Waals surface area contributed by atoms with E-state index in [-0.39, 0.29) is 29.9 Å². The van der Waals surface area contributed by atoms with E-state index < -0.39 is 9.84 Å². The number of guanidine groups is 1. The van der Waals surface area contributed by atoms with E-state index in [2.05, 4.69) is 15.6 Å². The first-order valence-electron chi connectivity index (χ1n) is 9.32. The fourth-order valence-electron chi connectivity index (χ4n) is 2.76. The summed E-state index contributed by atoms with van der Waals surface area (Å²) in [7, 11) is -3.22. The maximum Gasteiger partial charge on any atom is 0.224 e. The molecule has 0 saturated carbocycles. The van der Waals surface area contributed by atoms with E-state index in [1.165, 1.54) is 6.26 Å². The van der Waals surface area contributed by atoms with Crippen LogP contribution in [-0.2, 0) is 21.2 Å². The van der Waals surface area contributed by atoms with Crippen molar-refractivity contribution in [1.29, 1.82) is 0 Å². The third-order valence-corrected chi connectivity index (χ3v) is 5.41. The van der Waals surface area contributed by atoms with Crippen LogP contribution < -0.4 is 10.6 Å². The second-order valence-corrected chi connectivity index (χ2v) is 8.29. The molecule has 0 aliphatic carbocycles. The molecular weight excluding hydrogens is 491 g/mol. The predicted octanol–water partition coefficient (Wildman–Crippen LogP) is 2.33. The van der Waals surface area contributed by atoms with Gasteiger partial charge in [0.25, 0.3) is 0 Å². The van der Waals surface area contributed by atoms with E-state index in [4.69, 9.17) is 0 Å². The van der Waals surface area contributed by atoms with Gasteiger partial charge in [-0.1, -0.05) is 12.1 Å². The van der Waals surface area contributed by atoms with Crippen LogP contribution in [0.4, 0.5) is 0 Å². The molecule has 7 nitrogen and oxygen atoms in total. The summed E-state index contributed by atoms with van der Waals surface area (Å²) in [4.78, 5) is 18.7. The van der Waals surface area contributed by atoms with Gasteiger partial charge >= 0.3 is 0 Å². The quantitative estimate of drug-likeness (QED) is 0.294. The number of carbonyl (C=O) groups excluding carboxylic acids is 1. The van der Waals surface area contributed by atoms with Gasteiger partial charge in [-0.05, 0) is 44.9 Å². The third kappa shape index (κ3) is 8.76. The highest BCUT2D eigenvalue weighted by Gasteiger charge is 2.11. The van der Waals surface area contributed by atoms with Gasteiger partial charge in [0.2, 0.25) is 5.91 Å². The van der Waals surface area contributed by atoms with Crippen molar-refractivity contribution in [3.05, 3.63) is 29.3 Å². The highest BCUT2D eigenvalue weighted by Crippen LogP contribution is 2.17. The second-order valence-electron chi connectivity index (χ2n) is 6.31. The minimum atomic E-state index is -3.22. The summed E-state index contributed by atoms with van der Waals surface area (Å²) in [5.41, 5.74) is 1.64. The monoisotopic (exact) mass is 524 g/mol. The number of aryl methyl sites for hydroxylation is 1. The second kappa shape index (κ2) is 13.0. The molecule has 0 heterocycles. The molecule has 0 aromatic heterocycles. The van der Waals surface area contributed by atoms with Crippen LogP contribution in [0.5, 0.6) is 0 Å². The summed E-state index contributed by atoms with van der Waals surface area (Å²) in [6.45, 7) is 10.8. The number of hydrogen-bond donors (Lipinski definition) is 2. The molecule has 1 aromatic carbocycles. The molecular formula is C19H33IN4O3S. The first-order chi connectivity index (χ1) is 12.7. The Morgan fingerprint density at radius 3 is 2.29 bits per heavy atom. The molecule has 0 unspecified atom stereocenters. The molecule has 160 valence electrons. The van der Waals surface area contributed by atoms with Gasteiger partial charge in [-0.15, -0.1) is 24.0 Å². The summed E-state index contributed by atoms with van der Waals surface area (Å²) < 4.78 is 23.4. The summed E-state index contributed by atoms with van der Waals surface area (Å²) in [5, 5.41) is 6.32.